The maximum atomic E-state index is 4.64. The van der Waals surface area contributed by atoms with E-state index in [-0.39, 0.29) is 0 Å². The molecule has 3 nitrogen and oxygen atoms in total. The van der Waals surface area contributed by atoms with E-state index in [4.69, 9.17) is 0 Å². The molecule has 0 radical (unpaired) electrons. The second kappa shape index (κ2) is 5.00. The van der Waals surface area contributed by atoms with Crippen molar-refractivity contribution in [1.29, 1.82) is 0 Å². The molecule has 2 rings (SSSR count). The zero-order chi connectivity index (χ0) is 11.5. The Balaban J connectivity index is 2.19. The molecule has 1 heterocycles. The van der Waals surface area contributed by atoms with E-state index in [1.165, 1.54) is 31.4 Å². The van der Waals surface area contributed by atoms with Crippen molar-refractivity contribution in [2.75, 3.05) is 6.54 Å². The van der Waals surface area contributed by atoms with Gasteiger partial charge in [0.15, 0.2) is 0 Å². The molecule has 1 N–H and O–H groups in total. The van der Waals surface area contributed by atoms with Crippen LogP contribution in [0.25, 0.3) is 0 Å². The molecule has 0 spiro atoms. The molecule has 1 aromatic heterocycles. The molecule has 0 aromatic carbocycles. The second-order valence-corrected chi connectivity index (χ2v) is 4.89. The number of nitrogens with zero attached hydrogens (tertiary/aromatic N) is 2. The molecular formula is C13H23N3. The van der Waals surface area contributed by atoms with Crippen molar-refractivity contribution in [2.45, 2.75) is 58.5 Å². The van der Waals surface area contributed by atoms with Gasteiger partial charge in [0.05, 0.1) is 11.7 Å². The van der Waals surface area contributed by atoms with Crippen LogP contribution in [-0.2, 0) is 0 Å². The van der Waals surface area contributed by atoms with Gasteiger partial charge in [-0.15, -0.1) is 0 Å². The van der Waals surface area contributed by atoms with Crippen molar-refractivity contribution in [3.8, 4) is 0 Å². The highest BCUT2D eigenvalue weighted by atomic mass is 15.3. The average molecular weight is 221 g/mol. The summed E-state index contributed by atoms with van der Waals surface area (Å²) in [6, 6.07) is 3.34. The fourth-order valence-electron chi connectivity index (χ4n) is 2.89. The van der Waals surface area contributed by atoms with E-state index in [1.807, 2.05) is 0 Å². The third kappa shape index (κ3) is 2.29. The number of aryl methyl sites for hydroxylation is 2. The van der Waals surface area contributed by atoms with Crippen molar-refractivity contribution in [2.24, 2.45) is 0 Å². The van der Waals surface area contributed by atoms with Gasteiger partial charge in [-0.25, -0.2) is 0 Å². The van der Waals surface area contributed by atoms with Crippen LogP contribution >= 0.6 is 0 Å². The Hall–Kier alpha value is -0.830. The standard InChI is InChI=1S/C13H23N3/c1-4-14-12-7-5-6-8-13(12)16-11(3)9-10(2)15-16/h9,12-14H,4-8H2,1-3H3. The molecule has 1 aromatic rings. The first-order valence-electron chi connectivity index (χ1n) is 6.48. The summed E-state index contributed by atoms with van der Waals surface area (Å²) in [6.07, 6.45) is 5.24. The van der Waals surface area contributed by atoms with Crippen LogP contribution in [0.5, 0.6) is 0 Å². The minimum Gasteiger partial charge on any atom is -0.312 e. The van der Waals surface area contributed by atoms with Gasteiger partial charge >= 0.3 is 0 Å². The third-order valence-electron chi connectivity index (χ3n) is 3.55. The van der Waals surface area contributed by atoms with Crippen LogP contribution in [0.2, 0.25) is 0 Å². The Morgan fingerprint density at radius 2 is 2.12 bits per heavy atom. The van der Waals surface area contributed by atoms with Crippen molar-refractivity contribution in [3.05, 3.63) is 17.5 Å². The molecule has 1 aliphatic rings. The van der Waals surface area contributed by atoms with Gasteiger partial charge < -0.3 is 5.32 Å². The Morgan fingerprint density at radius 1 is 1.38 bits per heavy atom. The smallest absolute Gasteiger partial charge is 0.0675 e. The van der Waals surface area contributed by atoms with Crippen LogP contribution in [-0.4, -0.2) is 22.4 Å². The van der Waals surface area contributed by atoms with Crippen LogP contribution in [0.4, 0.5) is 0 Å². The fourth-order valence-corrected chi connectivity index (χ4v) is 2.89. The number of nitrogens with one attached hydrogen (secondary N) is 1. The summed E-state index contributed by atoms with van der Waals surface area (Å²) in [6.45, 7) is 7.49. The molecule has 0 aliphatic heterocycles. The Morgan fingerprint density at radius 3 is 2.75 bits per heavy atom. The van der Waals surface area contributed by atoms with Gasteiger partial charge in [-0.2, -0.15) is 5.10 Å². The number of aromatic nitrogens is 2. The molecule has 0 amide bonds. The van der Waals surface area contributed by atoms with Crippen molar-refractivity contribution < 1.29 is 0 Å². The normalized spacial score (nSPS) is 25.9. The lowest BCUT2D eigenvalue weighted by Gasteiger charge is -2.33. The highest BCUT2D eigenvalue weighted by Gasteiger charge is 2.27. The molecule has 90 valence electrons. The lowest BCUT2D eigenvalue weighted by atomic mass is 9.90. The summed E-state index contributed by atoms with van der Waals surface area (Å²) >= 11 is 0. The van der Waals surface area contributed by atoms with Crippen LogP contribution in [0.15, 0.2) is 6.07 Å². The van der Waals surface area contributed by atoms with Gasteiger partial charge in [0.1, 0.15) is 0 Å². The van der Waals surface area contributed by atoms with Gasteiger partial charge in [0.25, 0.3) is 0 Å². The minimum atomic E-state index is 0.558. The molecule has 2 unspecified atom stereocenters. The molecule has 2 atom stereocenters. The lowest BCUT2D eigenvalue weighted by Crippen LogP contribution is -2.40. The number of likely N-dealkylation sites (N-methyl/N-ethyl adjacent to an activating group) is 1. The summed E-state index contributed by atoms with van der Waals surface area (Å²) in [5.41, 5.74) is 2.44. The molecule has 1 aliphatic carbocycles. The first-order chi connectivity index (χ1) is 7.72. The average Bonchev–Trinajstić information content (AvgIpc) is 2.59. The highest BCUT2D eigenvalue weighted by Crippen LogP contribution is 2.29. The van der Waals surface area contributed by atoms with Crippen molar-refractivity contribution in [1.82, 2.24) is 15.1 Å². The van der Waals surface area contributed by atoms with E-state index in [1.54, 1.807) is 0 Å². The zero-order valence-corrected chi connectivity index (χ0v) is 10.7. The Labute approximate surface area is 98.2 Å². The van der Waals surface area contributed by atoms with E-state index in [2.05, 4.69) is 41.9 Å². The molecule has 3 heteroatoms. The van der Waals surface area contributed by atoms with E-state index in [9.17, 15) is 0 Å². The van der Waals surface area contributed by atoms with E-state index < -0.39 is 0 Å². The molecule has 0 bridgehead atoms. The van der Waals surface area contributed by atoms with E-state index in [0.29, 0.717) is 12.1 Å². The predicted octanol–water partition coefficient (Wildman–Crippen LogP) is 2.59. The topological polar surface area (TPSA) is 29.9 Å². The Bertz CT molecular complexity index is 341. The molecule has 0 saturated heterocycles. The van der Waals surface area contributed by atoms with Gasteiger partial charge in [0.2, 0.25) is 0 Å². The monoisotopic (exact) mass is 221 g/mol. The van der Waals surface area contributed by atoms with Crippen molar-refractivity contribution >= 4 is 0 Å². The maximum absolute atomic E-state index is 4.64. The van der Waals surface area contributed by atoms with Gasteiger partial charge in [-0.05, 0) is 39.3 Å². The number of rotatable bonds is 3. The highest BCUT2D eigenvalue weighted by molar-refractivity contribution is 5.08. The number of hydrogen-bond acceptors (Lipinski definition) is 2. The fraction of sp³-hybridized carbons (Fsp3) is 0.769. The van der Waals surface area contributed by atoms with Crippen molar-refractivity contribution in [3.63, 3.8) is 0 Å². The molecule has 1 saturated carbocycles. The number of hydrogen-bond donors (Lipinski definition) is 1. The lowest BCUT2D eigenvalue weighted by molar-refractivity contribution is 0.246. The van der Waals surface area contributed by atoms with Gasteiger partial charge in [-0.1, -0.05) is 19.8 Å². The van der Waals surface area contributed by atoms with Gasteiger partial charge in [0, 0.05) is 11.7 Å². The van der Waals surface area contributed by atoms with Crippen LogP contribution in [0.1, 0.15) is 50.0 Å². The minimum absolute atomic E-state index is 0.558. The summed E-state index contributed by atoms with van der Waals surface area (Å²) in [5.74, 6) is 0. The summed E-state index contributed by atoms with van der Waals surface area (Å²) in [5, 5.41) is 8.25. The zero-order valence-electron chi connectivity index (χ0n) is 10.7. The first-order valence-corrected chi connectivity index (χ1v) is 6.48. The summed E-state index contributed by atoms with van der Waals surface area (Å²) in [4.78, 5) is 0. The van der Waals surface area contributed by atoms with Crippen LogP contribution in [0, 0.1) is 13.8 Å². The first kappa shape index (κ1) is 11.6. The quantitative estimate of drug-likeness (QED) is 0.850. The summed E-state index contributed by atoms with van der Waals surface area (Å²) in [7, 11) is 0. The van der Waals surface area contributed by atoms with Gasteiger partial charge in [-0.3, -0.25) is 4.68 Å². The molecular weight excluding hydrogens is 198 g/mol. The molecule has 16 heavy (non-hydrogen) atoms. The Kier molecular flexibility index (Phi) is 3.64. The maximum Gasteiger partial charge on any atom is 0.0675 e. The van der Waals surface area contributed by atoms with E-state index >= 15 is 0 Å². The van der Waals surface area contributed by atoms with Crippen LogP contribution < -0.4 is 5.32 Å². The van der Waals surface area contributed by atoms with E-state index in [0.717, 1.165) is 12.2 Å². The third-order valence-corrected chi connectivity index (χ3v) is 3.55. The van der Waals surface area contributed by atoms with Crippen LogP contribution in [0.3, 0.4) is 0 Å². The summed E-state index contributed by atoms with van der Waals surface area (Å²) < 4.78 is 2.24. The molecule has 1 fully saturated rings. The second-order valence-electron chi connectivity index (χ2n) is 4.89. The predicted molar refractivity (Wildman–Crippen MR) is 66.7 cm³/mol. The SMILES string of the molecule is CCNC1CCCCC1n1nc(C)cc1C. The largest absolute Gasteiger partial charge is 0.312 e.